The topological polar surface area (TPSA) is 98.7 Å². The molecule has 3 N–H and O–H groups in total. The maximum atomic E-state index is 10.8. The maximum Gasteiger partial charge on any atom is 0.239 e. The molecule has 100 valence electrons. The quantitative estimate of drug-likeness (QED) is 0.882. The van der Waals surface area contributed by atoms with E-state index in [-0.39, 0.29) is 6.54 Å². The molecule has 8 heteroatoms. The van der Waals surface area contributed by atoms with E-state index in [2.05, 4.69) is 36.3 Å². The van der Waals surface area contributed by atoms with Crippen LogP contribution < -0.4 is 11.1 Å². The van der Waals surface area contributed by atoms with Gasteiger partial charge in [-0.25, -0.2) is 9.97 Å². The van der Waals surface area contributed by atoms with Crippen LogP contribution in [0.3, 0.4) is 0 Å². The van der Waals surface area contributed by atoms with Crippen LogP contribution in [0.4, 0.5) is 11.6 Å². The lowest BCUT2D eigenvalue weighted by Crippen LogP contribution is -2.18. The summed E-state index contributed by atoms with van der Waals surface area (Å²) in [6.07, 6.45) is 1.67. The molecule has 2 aromatic rings. The predicted octanol–water partition coefficient (Wildman–Crippen LogP) is 1.28. The van der Waals surface area contributed by atoms with Crippen LogP contribution >= 0.6 is 15.9 Å². The number of carbonyl (C=O) groups is 1. The Morgan fingerprint density at radius 2 is 2.21 bits per heavy atom. The van der Waals surface area contributed by atoms with E-state index >= 15 is 0 Å². The number of hydrogen-bond acceptors (Lipinski definition) is 5. The molecule has 19 heavy (non-hydrogen) atoms. The third-order valence-electron chi connectivity index (χ3n) is 2.33. The molecule has 0 aliphatic carbocycles. The number of anilines is 2. The number of carbonyl (C=O) groups excluding carboxylic acids is 1. The van der Waals surface area contributed by atoms with Gasteiger partial charge in [-0.1, -0.05) is 0 Å². The number of halogens is 1. The van der Waals surface area contributed by atoms with Gasteiger partial charge >= 0.3 is 0 Å². The van der Waals surface area contributed by atoms with Crippen LogP contribution in [0.15, 0.2) is 16.7 Å². The van der Waals surface area contributed by atoms with Gasteiger partial charge in [-0.3, -0.25) is 9.48 Å². The van der Waals surface area contributed by atoms with E-state index in [0.717, 1.165) is 10.2 Å². The van der Waals surface area contributed by atoms with Gasteiger partial charge in [0.2, 0.25) is 5.91 Å². The van der Waals surface area contributed by atoms with Gasteiger partial charge < -0.3 is 11.1 Å². The van der Waals surface area contributed by atoms with Gasteiger partial charge in [0.25, 0.3) is 0 Å². The number of nitrogens with one attached hydrogen (secondary N) is 1. The minimum absolute atomic E-state index is 0.0463. The maximum absolute atomic E-state index is 10.8. The molecule has 2 heterocycles. The fourth-order valence-corrected chi connectivity index (χ4v) is 1.86. The van der Waals surface area contributed by atoms with Crippen LogP contribution in [-0.2, 0) is 11.3 Å². The molecule has 7 nitrogen and oxygen atoms in total. The van der Waals surface area contributed by atoms with Crippen molar-refractivity contribution in [3.63, 3.8) is 0 Å². The summed E-state index contributed by atoms with van der Waals surface area (Å²) in [4.78, 5) is 19.3. The van der Waals surface area contributed by atoms with Crippen molar-refractivity contribution < 1.29 is 4.79 Å². The standard InChI is InChI=1S/C11H13BrN6O/c1-6-10(12)11(15-7(2)14-6)16-9-3-4-18(17-9)5-8(13)19/h3-4H,5H2,1-2H3,(H2,13,19)(H,14,15,16,17). The Morgan fingerprint density at radius 1 is 1.47 bits per heavy atom. The Balaban J connectivity index is 2.21. The van der Waals surface area contributed by atoms with Crippen LogP contribution in [0.1, 0.15) is 11.5 Å². The zero-order chi connectivity index (χ0) is 14.0. The highest BCUT2D eigenvalue weighted by molar-refractivity contribution is 9.10. The molecule has 0 radical (unpaired) electrons. The Bertz CT molecular complexity index is 624. The van der Waals surface area contributed by atoms with Gasteiger partial charge in [0, 0.05) is 12.3 Å². The van der Waals surface area contributed by atoms with Crippen LogP contribution in [0.5, 0.6) is 0 Å². The van der Waals surface area contributed by atoms with Crippen molar-refractivity contribution in [2.75, 3.05) is 5.32 Å². The normalized spacial score (nSPS) is 10.5. The molecule has 0 bridgehead atoms. The van der Waals surface area contributed by atoms with Crippen LogP contribution in [0.2, 0.25) is 0 Å². The average Bonchev–Trinajstić information content (AvgIpc) is 2.71. The number of aromatic nitrogens is 4. The minimum Gasteiger partial charge on any atom is -0.368 e. The van der Waals surface area contributed by atoms with E-state index in [1.165, 1.54) is 4.68 Å². The summed E-state index contributed by atoms with van der Waals surface area (Å²) in [5.41, 5.74) is 5.94. The molecular weight excluding hydrogens is 312 g/mol. The highest BCUT2D eigenvalue weighted by Crippen LogP contribution is 2.25. The Morgan fingerprint density at radius 3 is 2.89 bits per heavy atom. The molecule has 0 aliphatic heterocycles. The van der Waals surface area contributed by atoms with Crippen molar-refractivity contribution in [2.24, 2.45) is 5.73 Å². The molecule has 1 amide bonds. The molecular formula is C11H13BrN6O. The molecule has 2 rings (SSSR count). The minimum atomic E-state index is -0.440. The second-order valence-electron chi connectivity index (χ2n) is 4.01. The van der Waals surface area contributed by atoms with Crippen molar-refractivity contribution in [2.45, 2.75) is 20.4 Å². The first-order chi connectivity index (χ1) is 8.95. The van der Waals surface area contributed by atoms with E-state index in [1.807, 2.05) is 13.8 Å². The summed E-state index contributed by atoms with van der Waals surface area (Å²) in [7, 11) is 0. The number of rotatable bonds is 4. The van der Waals surface area contributed by atoms with Crippen molar-refractivity contribution in [3.05, 3.63) is 28.3 Å². The largest absolute Gasteiger partial charge is 0.368 e. The SMILES string of the molecule is Cc1nc(C)c(Br)c(Nc2ccn(CC(N)=O)n2)n1. The zero-order valence-corrected chi connectivity index (χ0v) is 12.1. The number of hydrogen-bond donors (Lipinski definition) is 2. The highest BCUT2D eigenvalue weighted by atomic mass is 79.9. The number of nitrogens with two attached hydrogens (primary N) is 1. The van der Waals surface area contributed by atoms with Gasteiger partial charge in [0.05, 0.1) is 10.2 Å². The summed E-state index contributed by atoms with van der Waals surface area (Å²) in [5, 5.41) is 7.24. The van der Waals surface area contributed by atoms with Crippen LogP contribution in [-0.4, -0.2) is 25.7 Å². The van der Waals surface area contributed by atoms with E-state index in [4.69, 9.17) is 5.73 Å². The second kappa shape index (κ2) is 5.35. The summed E-state index contributed by atoms with van der Waals surface area (Å²) < 4.78 is 2.24. The number of amides is 1. The number of primary amides is 1. The van der Waals surface area contributed by atoms with Gasteiger partial charge in [0.1, 0.15) is 18.2 Å². The van der Waals surface area contributed by atoms with Crippen LogP contribution in [0, 0.1) is 13.8 Å². The van der Waals surface area contributed by atoms with E-state index < -0.39 is 5.91 Å². The Hall–Kier alpha value is -1.96. The molecule has 0 saturated carbocycles. The lowest BCUT2D eigenvalue weighted by Gasteiger charge is -2.07. The zero-order valence-electron chi connectivity index (χ0n) is 10.5. The average molecular weight is 325 g/mol. The second-order valence-corrected chi connectivity index (χ2v) is 4.80. The third kappa shape index (κ3) is 3.28. The highest BCUT2D eigenvalue weighted by Gasteiger charge is 2.09. The molecule has 0 fully saturated rings. The third-order valence-corrected chi connectivity index (χ3v) is 3.28. The lowest BCUT2D eigenvalue weighted by molar-refractivity contribution is -0.118. The van der Waals surface area contributed by atoms with Crippen LogP contribution in [0.25, 0.3) is 0 Å². The van der Waals surface area contributed by atoms with Crippen molar-refractivity contribution >= 4 is 33.5 Å². The van der Waals surface area contributed by atoms with Gasteiger partial charge in [-0.05, 0) is 29.8 Å². The Kier molecular flexibility index (Phi) is 3.79. The molecule has 0 aromatic carbocycles. The molecule has 0 saturated heterocycles. The van der Waals surface area contributed by atoms with E-state index in [1.54, 1.807) is 12.3 Å². The van der Waals surface area contributed by atoms with Crippen molar-refractivity contribution in [1.82, 2.24) is 19.7 Å². The van der Waals surface area contributed by atoms with E-state index in [9.17, 15) is 4.79 Å². The summed E-state index contributed by atoms with van der Waals surface area (Å²) in [6, 6.07) is 1.74. The van der Waals surface area contributed by atoms with Gasteiger partial charge in [-0.2, -0.15) is 5.10 Å². The smallest absolute Gasteiger partial charge is 0.239 e. The number of aryl methyl sites for hydroxylation is 2. The van der Waals surface area contributed by atoms with E-state index in [0.29, 0.717) is 17.5 Å². The number of nitrogens with zero attached hydrogens (tertiary/aromatic N) is 4. The monoisotopic (exact) mass is 324 g/mol. The summed E-state index contributed by atoms with van der Waals surface area (Å²) in [5.74, 6) is 1.44. The first-order valence-corrected chi connectivity index (χ1v) is 6.34. The molecule has 0 aliphatic rings. The fraction of sp³-hybridized carbons (Fsp3) is 0.273. The first kappa shape index (κ1) is 13.5. The molecule has 2 aromatic heterocycles. The van der Waals surface area contributed by atoms with Gasteiger partial charge in [0.15, 0.2) is 5.82 Å². The predicted molar refractivity (Wildman–Crippen MR) is 73.9 cm³/mol. The van der Waals surface area contributed by atoms with Crippen molar-refractivity contribution in [3.8, 4) is 0 Å². The Labute approximate surface area is 118 Å². The first-order valence-electron chi connectivity index (χ1n) is 5.55. The fourth-order valence-electron chi connectivity index (χ4n) is 1.58. The molecule has 0 unspecified atom stereocenters. The van der Waals surface area contributed by atoms with Gasteiger partial charge in [-0.15, -0.1) is 0 Å². The van der Waals surface area contributed by atoms with Crippen molar-refractivity contribution in [1.29, 1.82) is 0 Å². The lowest BCUT2D eigenvalue weighted by atomic mass is 10.4. The summed E-state index contributed by atoms with van der Waals surface area (Å²) >= 11 is 3.42. The molecule has 0 atom stereocenters. The summed E-state index contributed by atoms with van der Waals surface area (Å²) in [6.45, 7) is 3.75. The molecule has 0 spiro atoms.